The number of esters is 1. The van der Waals surface area contributed by atoms with Gasteiger partial charge in [-0.15, -0.1) is 0 Å². The Bertz CT molecular complexity index is 1190. The number of hydrogen-bond acceptors (Lipinski definition) is 9. The summed E-state index contributed by atoms with van der Waals surface area (Å²) < 4.78 is 46.7. The highest BCUT2D eigenvalue weighted by Crippen LogP contribution is 2.58. The van der Waals surface area contributed by atoms with Crippen LogP contribution in [0.15, 0.2) is 0 Å². The van der Waals surface area contributed by atoms with Crippen molar-refractivity contribution in [1.29, 1.82) is 0 Å². The van der Waals surface area contributed by atoms with Crippen LogP contribution in [-0.4, -0.2) is 102 Å². The molecule has 0 aromatic rings. The van der Waals surface area contributed by atoms with Crippen molar-refractivity contribution in [2.75, 3.05) is 20.6 Å². The molecule has 5 saturated heterocycles. The molecule has 47 heavy (non-hydrogen) atoms. The van der Waals surface area contributed by atoms with Crippen LogP contribution < -0.4 is 0 Å². The van der Waals surface area contributed by atoms with Gasteiger partial charge in [0.2, 0.25) is 0 Å². The van der Waals surface area contributed by atoms with E-state index in [1.807, 2.05) is 46.7 Å². The van der Waals surface area contributed by atoms with Gasteiger partial charge < -0.3 is 33.5 Å². The fraction of sp³-hybridized carbons (Fsp3) is 0.944. The molecule has 10 nitrogen and oxygen atoms in total. The Hall–Kier alpha value is -1.32. The Labute approximate surface area is 284 Å². The van der Waals surface area contributed by atoms with Crippen molar-refractivity contribution in [3.63, 3.8) is 0 Å². The lowest BCUT2D eigenvalue weighted by Gasteiger charge is -2.49. The maximum Gasteiger partial charge on any atom is 0.410 e. The number of amides is 1. The summed E-state index contributed by atoms with van der Waals surface area (Å²) in [6.07, 6.45) is 1.37. The molecular formula is C36H61N2O8P. The lowest BCUT2D eigenvalue weighted by Crippen LogP contribution is -2.60. The predicted octanol–water partition coefficient (Wildman–Crippen LogP) is 6.54. The maximum atomic E-state index is 14.2. The first-order valence-corrected chi connectivity index (χ1v) is 19.0. The molecule has 0 aliphatic carbocycles. The third-order valence-electron chi connectivity index (χ3n) is 13.0. The van der Waals surface area contributed by atoms with Gasteiger partial charge in [0.15, 0.2) is 20.4 Å². The largest absolute Gasteiger partial charge is 0.458 e. The topological polar surface area (TPSA) is 104 Å². The van der Waals surface area contributed by atoms with Crippen LogP contribution in [0.25, 0.3) is 0 Å². The molecule has 11 heteroatoms. The minimum Gasteiger partial charge on any atom is -0.458 e. The summed E-state index contributed by atoms with van der Waals surface area (Å²) >= 11 is 0. The van der Waals surface area contributed by atoms with Crippen molar-refractivity contribution in [3.8, 4) is 0 Å². The van der Waals surface area contributed by atoms with E-state index in [0.29, 0.717) is 13.0 Å². The quantitative estimate of drug-likeness (QED) is 0.229. The monoisotopic (exact) mass is 680 g/mol. The highest BCUT2D eigenvalue weighted by atomic mass is 31.1. The van der Waals surface area contributed by atoms with E-state index in [1.54, 1.807) is 0 Å². The predicted molar refractivity (Wildman–Crippen MR) is 179 cm³/mol. The molecule has 5 aliphatic heterocycles. The summed E-state index contributed by atoms with van der Waals surface area (Å²) in [4.78, 5) is 31.7. The van der Waals surface area contributed by atoms with Crippen molar-refractivity contribution in [1.82, 2.24) is 9.80 Å². The Morgan fingerprint density at radius 1 is 1.11 bits per heavy atom. The molecule has 5 heterocycles. The van der Waals surface area contributed by atoms with Crippen molar-refractivity contribution < 1.29 is 37.8 Å². The Morgan fingerprint density at radius 3 is 2.38 bits per heavy atom. The van der Waals surface area contributed by atoms with E-state index < -0.39 is 41.2 Å². The second kappa shape index (κ2) is 13.4. The first-order chi connectivity index (χ1) is 22.0. The van der Waals surface area contributed by atoms with Gasteiger partial charge >= 0.3 is 12.1 Å². The van der Waals surface area contributed by atoms with Gasteiger partial charge in [0.1, 0.15) is 11.8 Å². The molecule has 5 rings (SSSR count). The van der Waals surface area contributed by atoms with Crippen molar-refractivity contribution in [2.45, 2.75) is 160 Å². The highest BCUT2D eigenvalue weighted by molar-refractivity contribution is 7.24. The molecule has 0 aromatic carbocycles. The zero-order chi connectivity index (χ0) is 34.8. The van der Waals surface area contributed by atoms with Gasteiger partial charge in [0.25, 0.3) is 0 Å². The smallest absolute Gasteiger partial charge is 0.410 e. The third kappa shape index (κ3) is 6.08. The van der Waals surface area contributed by atoms with Crippen molar-refractivity contribution in [3.05, 3.63) is 0 Å². The van der Waals surface area contributed by atoms with E-state index in [2.05, 4.69) is 46.4 Å². The van der Waals surface area contributed by atoms with E-state index in [-0.39, 0.29) is 74.0 Å². The Kier molecular flexibility index (Phi) is 10.6. The Balaban J connectivity index is 1.67. The first-order valence-electron chi connectivity index (χ1n) is 18.2. The van der Waals surface area contributed by atoms with E-state index >= 15 is 0 Å². The third-order valence-corrected chi connectivity index (χ3v) is 13.8. The molecule has 0 radical (unpaired) electrons. The summed E-state index contributed by atoms with van der Waals surface area (Å²) in [5.41, 5.74) is -2.73. The van der Waals surface area contributed by atoms with Crippen molar-refractivity contribution >= 4 is 20.5 Å². The van der Waals surface area contributed by atoms with Gasteiger partial charge in [-0.2, -0.15) is 0 Å². The molecule has 3 bridgehead atoms. The summed E-state index contributed by atoms with van der Waals surface area (Å²) in [6.45, 7) is 21.6. The van der Waals surface area contributed by atoms with Gasteiger partial charge in [0.05, 0.1) is 35.4 Å². The maximum absolute atomic E-state index is 14.2. The molecular weight excluding hydrogens is 619 g/mol. The summed E-state index contributed by atoms with van der Waals surface area (Å²) in [6, 6.07) is -0.317. The van der Waals surface area contributed by atoms with E-state index in [9.17, 15) is 14.2 Å². The number of hydrogen-bond donors (Lipinski definition) is 0. The number of rotatable bonds is 6. The molecule has 5 fully saturated rings. The molecule has 5 aliphatic rings. The molecule has 1 amide bonds. The van der Waals surface area contributed by atoms with Gasteiger partial charge in [-0.25, -0.2) is 4.79 Å². The molecule has 268 valence electrons. The second-order valence-electron chi connectivity index (χ2n) is 16.6. The number of cyclic esters (lactones) is 1. The van der Waals surface area contributed by atoms with E-state index in [1.165, 1.54) is 0 Å². The molecule has 15 atom stereocenters. The van der Waals surface area contributed by atoms with Crippen LogP contribution in [0.4, 0.5) is 4.79 Å². The van der Waals surface area contributed by atoms with E-state index in [4.69, 9.17) is 23.7 Å². The van der Waals surface area contributed by atoms with Gasteiger partial charge in [-0.3, -0.25) is 9.36 Å². The minimum absolute atomic E-state index is 0.0155. The van der Waals surface area contributed by atoms with Crippen LogP contribution in [0.2, 0.25) is 0 Å². The van der Waals surface area contributed by atoms with Crippen LogP contribution in [0.5, 0.6) is 0 Å². The van der Waals surface area contributed by atoms with Crippen molar-refractivity contribution in [2.24, 2.45) is 35.5 Å². The fourth-order valence-electron chi connectivity index (χ4n) is 11.0. The Morgan fingerprint density at radius 2 is 1.79 bits per heavy atom. The van der Waals surface area contributed by atoms with Crippen LogP contribution in [0, 0.1) is 35.5 Å². The zero-order valence-corrected chi connectivity index (χ0v) is 31.8. The number of carbonyl (C=O) groups is 2. The molecule has 15 unspecified atom stereocenters. The number of fused-ring (bicyclic) bond motifs is 1. The van der Waals surface area contributed by atoms with Gasteiger partial charge in [0, 0.05) is 18.5 Å². The summed E-state index contributed by atoms with van der Waals surface area (Å²) in [5.74, 6) is -0.865. The van der Waals surface area contributed by atoms with Crippen LogP contribution in [0.1, 0.15) is 101 Å². The summed E-state index contributed by atoms with van der Waals surface area (Å²) in [5, 5.41) is 0. The first kappa shape index (κ1) is 36.9. The molecule has 0 saturated carbocycles. The standard InChI is InChI=1S/C36H61N2O8P/c1-13-26-35(10)29-24(8)36(15-14-16-38(29)33(40)45-35)20(4)18-34(9,46-36)30(22(6)27(19(2)3)23(7)31(39)43-26)44-32-28(47-41)25(37(11)12)17-21(5)42-32/h19-30,32H,13-18H2,1-12H3. The minimum atomic E-state index is -1.03. The van der Waals surface area contributed by atoms with Gasteiger partial charge in [-0.05, 0) is 90.6 Å². The molecule has 0 aromatic heterocycles. The van der Waals surface area contributed by atoms with Crippen LogP contribution >= 0.6 is 8.46 Å². The summed E-state index contributed by atoms with van der Waals surface area (Å²) in [7, 11) is 4.01. The second-order valence-corrected chi connectivity index (χ2v) is 17.4. The lowest BCUT2D eigenvalue weighted by molar-refractivity contribution is -0.276. The number of nitrogens with zero attached hydrogens (tertiary/aromatic N) is 2. The SMILES string of the molecule is CCC1OC(=O)C(C)C(C(C)C)C(C)C(OC2OC(C)CC(N(C)C)C2P=O)C2(C)CC(C)C3(CCCN4C(=O)OC1(C)C4C3C)O2. The van der Waals surface area contributed by atoms with Gasteiger partial charge in [-0.1, -0.05) is 48.5 Å². The average Bonchev–Trinajstić information content (AvgIpc) is 3.34. The van der Waals surface area contributed by atoms with E-state index in [0.717, 1.165) is 25.7 Å². The number of ether oxygens (including phenoxy) is 5. The van der Waals surface area contributed by atoms with Crippen LogP contribution in [-0.2, 0) is 33.0 Å². The zero-order valence-electron chi connectivity index (χ0n) is 30.9. The molecule has 0 N–H and O–H groups in total. The number of carbonyl (C=O) groups excluding carboxylic acids is 2. The van der Waals surface area contributed by atoms with Crippen LogP contribution in [0.3, 0.4) is 0 Å². The average molecular weight is 681 g/mol. The normalized spacial score (nSPS) is 49.3. The molecule has 1 spiro atoms. The fourth-order valence-corrected chi connectivity index (χ4v) is 11.7. The highest BCUT2D eigenvalue weighted by Gasteiger charge is 2.68. The lowest BCUT2D eigenvalue weighted by atomic mass is 9.67.